The van der Waals surface area contributed by atoms with Gasteiger partial charge in [-0.15, -0.1) is 0 Å². The smallest absolute Gasteiger partial charge is 0.254 e. The molecule has 0 unspecified atom stereocenters. The van der Waals surface area contributed by atoms with E-state index >= 15 is 0 Å². The van der Waals surface area contributed by atoms with Crippen molar-refractivity contribution in [2.75, 3.05) is 14.2 Å². The van der Waals surface area contributed by atoms with Crippen LogP contribution in [0.5, 0.6) is 11.5 Å². The van der Waals surface area contributed by atoms with E-state index in [9.17, 15) is 9.18 Å². The molecule has 0 saturated heterocycles. The minimum Gasteiger partial charge on any atom is -0.496 e. The van der Waals surface area contributed by atoms with Crippen LogP contribution in [-0.4, -0.2) is 31.1 Å². The lowest BCUT2D eigenvalue weighted by Gasteiger charge is -2.24. The Kier molecular flexibility index (Phi) is 4.93. The molecule has 4 nitrogen and oxygen atoms in total. The average molecular weight is 343 g/mol. The molecule has 0 N–H and O–H groups in total. The number of ether oxygens (including phenoxy) is 2. The molecule has 1 aliphatic rings. The average Bonchev–Trinajstić information content (AvgIpc) is 3.45. The van der Waals surface area contributed by atoms with E-state index in [4.69, 9.17) is 9.47 Å². The molecular weight excluding hydrogens is 321 g/mol. The topological polar surface area (TPSA) is 38.8 Å². The minimum absolute atomic E-state index is 0.137. The molecule has 1 saturated carbocycles. The Balaban J connectivity index is 1.92. The predicted octanol–water partition coefficient (Wildman–Crippen LogP) is 3.96. The number of hydrogen-bond acceptors (Lipinski definition) is 3. The Hall–Kier alpha value is -2.56. The number of amides is 1. The second-order valence-electron chi connectivity index (χ2n) is 6.26. The van der Waals surface area contributed by atoms with Crippen molar-refractivity contribution in [3.63, 3.8) is 0 Å². The number of nitrogens with zero attached hydrogens (tertiary/aromatic N) is 1. The molecule has 0 radical (unpaired) electrons. The van der Waals surface area contributed by atoms with Crippen molar-refractivity contribution in [2.45, 2.75) is 32.4 Å². The fraction of sp³-hybridized carbons (Fsp3) is 0.350. The van der Waals surface area contributed by atoms with E-state index in [2.05, 4.69) is 0 Å². The lowest BCUT2D eigenvalue weighted by Crippen LogP contribution is -2.33. The van der Waals surface area contributed by atoms with Gasteiger partial charge in [0.15, 0.2) is 0 Å². The Bertz CT molecular complexity index is 761. The quantitative estimate of drug-likeness (QED) is 0.797. The SMILES string of the molecule is COc1cc(C(=O)N(Cc2ccccc2F)C2CC2)cc(OC)c1C. The van der Waals surface area contributed by atoms with Crippen molar-refractivity contribution in [3.8, 4) is 11.5 Å². The summed E-state index contributed by atoms with van der Waals surface area (Å²) in [6, 6.07) is 10.2. The maximum atomic E-state index is 14.0. The molecule has 0 aliphatic heterocycles. The first-order valence-electron chi connectivity index (χ1n) is 8.32. The number of carbonyl (C=O) groups is 1. The standard InChI is InChI=1S/C20H22FNO3/c1-13-18(24-2)10-15(11-19(13)25-3)20(23)22(16-8-9-16)12-14-6-4-5-7-17(14)21/h4-7,10-11,16H,8-9,12H2,1-3H3. The first-order chi connectivity index (χ1) is 12.0. The minimum atomic E-state index is -0.292. The van der Waals surface area contributed by atoms with E-state index in [1.165, 1.54) is 6.07 Å². The number of halogens is 1. The molecular formula is C20H22FNO3. The lowest BCUT2D eigenvalue weighted by molar-refractivity contribution is 0.0727. The molecule has 2 aromatic rings. The highest BCUT2D eigenvalue weighted by Gasteiger charge is 2.34. The first-order valence-corrected chi connectivity index (χ1v) is 8.32. The maximum Gasteiger partial charge on any atom is 0.254 e. The summed E-state index contributed by atoms with van der Waals surface area (Å²) in [6.07, 6.45) is 1.89. The van der Waals surface area contributed by atoms with Gasteiger partial charge >= 0.3 is 0 Å². The van der Waals surface area contributed by atoms with Gasteiger partial charge in [-0.05, 0) is 38.0 Å². The third-order valence-corrected chi connectivity index (χ3v) is 4.55. The molecule has 2 aromatic carbocycles. The summed E-state index contributed by atoms with van der Waals surface area (Å²) >= 11 is 0. The maximum absolute atomic E-state index is 14.0. The zero-order chi connectivity index (χ0) is 18.0. The van der Waals surface area contributed by atoms with Gasteiger partial charge in [0, 0.05) is 29.3 Å². The van der Waals surface area contributed by atoms with Crippen LogP contribution in [0.15, 0.2) is 36.4 Å². The Morgan fingerprint density at radius 2 is 1.76 bits per heavy atom. The van der Waals surface area contributed by atoms with E-state index in [-0.39, 0.29) is 24.3 Å². The van der Waals surface area contributed by atoms with Crippen LogP contribution in [0.1, 0.15) is 34.3 Å². The summed E-state index contributed by atoms with van der Waals surface area (Å²) in [7, 11) is 3.13. The molecule has 132 valence electrons. The fourth-order valence-electron chi connectivity index (χ4n) is 2.94. The van der Waals surface area contributed by atoms with Gasteiger partial charge in [0.25, 0.3) is 5.91 Å². The fourth-order valence-corrected chi connectivity index (χ4v) is 2.94. The summed E-state index contributed by atoms with van der Waals surface area (Å²) in [5.74, 6) is 0.774. The van der Waals surface area contributed by atoms with E-state index < -0.39 is 0 Å². The highest BCUT2D eigenvalue weighted by Crippen LogP contribution is 2.34. The number of methoxy groups -OCH3 is 2. The second kappa shape index (κ2) is 7.13. The van der Waals surface area contributed by atoms with Crippen LogP contribution in [0.25, 0.3) is 0 Å². The van der Waals surface area contributed by atoms with Gasteiger partial charge in [-0.1, -0.05) is 18.2 Å². The zero-order valence-electron chi connectivity index (χ0n) is 14.7. The van der Waals surface area contributed by atoms with Gasteiger partial charge < -0.3 is 14.4 Å². The third kappa shape index (κ3) is 3.60. The van der Waals surface area contributed by atoms with Crippen LogP contribution in [0.2, 0.25) is 0 Å². The Morgan fingerprint density at radius 1 is 1.16 bits per heavy atom. The van der Waals surface area contributed by atoms with Gasteiger partial charge in [0.2, 0.25) is 0 Å². The molecule has 1 amide bonds. The lowest BCUT2D eigenvalue weighted by atomic mass is 10.1. The van der Waals surface area contributed by atoms with Crippen LogP contribution in [-0.2, 0) is 6.54 Å². The van der Waals surface area contributed by atoms with Gasteiger partial charge in [0.1, 0.15) is 17.3 Å². The van der Waals surface area contributed by atoms with Crippen LogP contribution < -0.4 is 9.47 Å². The zero-order valence-corrected chi connectivity index (χ0v) is 14.7. The second-order valence-corrected chi connectivity index (χ2v) is 6.26. The van der Waals surface area contributed by atoms with Crippen LogP contribution in [0.3, 0.4) is 0 Å². The molecule has 0 bridgehead atoms. The van der Waals surface area contributed by atoms with E-state index in [0.717, 1.165) is 18.4 Å². The molecule has 0 spiro atoms. The van der Waals surface area contributed by atoms with Crippen molar-refractivity contribution < 1.29 is 18.7 Å². The van der Waals surface area contributed by atoms with E-state index in [0.29, 0.717) is 22.6 Å². The highest BCUT2D eigenvalue weighted by atomic mass is 19.1. The van der Waals surface area contributed by atoms with Gasteiger partial charge in [0.05, 0.1) is 14.2 Å². The summed E-state index contributed by atoms with van der Waals surface area (Å²) < 4.78 is 24.7. The predicted molar refractivity (Wildman–Crippen MR) is 93.6 cm³/mol. The normalized spacial score (nSPS) is 13.4. The van der Waals surface area contributed by atoms with Crippen molar-refractivity contribution in [2.24, 2.45) is 0 Å². The monoisotopic (exact) mass is 343 g/mol. The largest absolute Gasteiger partial charge is 0.496 e. The Morgan fingerprint density at radius 3 is 2.28 bits per heavy atom. The number of rotatable bonds is 6. The van der Waals surface area contributed by atoms with Crippen molar-refractivity contribution in [1.29, 1.82) is 0 Å². The van der Waals surface area contributed by atoms with Gasteiger partial charge in [-0.25, -0.2) is 4.39 Å². The van der Waals surface area contributed by atoms with E-state index in [1.807, 2.05) is 6.92 Å². The van der Waals surface area contributed by atoms with E-state index in [1.54, 1.807) is 49.5 Å². The molecule has 1 aliphatic carbocycles. The Labute approximate surface area is 147 Å². The third-order valence-electron chi connectivity index (χ3n) is 4.55. The molecule has 0 aromatic heterocycles. The summed E-state index contributed by atoms with van der Waals surface area (Å²) in [5.41, 5.74) is 1.85. The first kappa shape index (κ1) is 17.3. The molecule has 3 rings (SSSR count). The number of hydrogen-bond donors (Lipinski definition) is 0. The van der Waals surface area contributed by atoms with Crippen molar-refractivity contribution >= 4 is 5.91 Å². The molecule has 0 atom stereocenters. The van der Waals surface area contributed by atoms with Crippen LogP contribution in [0.4, 0.5) is 4.39 Å². The van der Waals surface area contributed by atoms with Gasteiger partial charge in [-0.2, -0.15) is 0 Å². The molecule has 5 heteroatoms. The molecule has 0 heterocycles. The number of benzene rings is 2. The summed E-state index contributed by atoms with van der Waals surface area (Å²) in [4.78, 5) is 14.8. The van der Waals surface area contributed by atoms with Gasteiger partial charge in [-0.3, -0.25) is 4.79 Å². The summed E-state index contributed by atoms with van der Waals surface area (Å²) in [5, 5.41) is 0. The summed E-state index contributed by atoms with van der Waals surface area (Å²) in [6.45, 7) is 2.14. The van der Waals surface area contributed by atoms with Crippen LogP contribution in [0, 0.1) is 12.7 Å². The molecule has 25 heavy (non-hydrogen) atoms. The highest BCUT2D eigenvalue weighted by molar-refractivity contribution is 5.95. The number of carbonyl (C=O) groups excluding carboxylic acids is 1. The van der Waals surface area contributed by atoms with Crippen molar-refractivity contribution in [1.82, 2.24) is 4.90 Å². The van der Waals surface area contributed by atoms with Crippen molar-refractivity contribution in [3.05, 3.63) is 58.9 Å². The molecule has 1 fully saturated rings. The van der Waals surface area contributed by atoms with Crippen LogP contribution >= 0.6 is 0 Å².